The number of nitrogens with two attached hydrogens (primary N) is 2. The Morgan fingerprint density at radius 3 is 2.50 bits per heavy atom. The van der Waals surface area contributed by atoms with E-state index in [2.05, 4.69) is 5.32 Å². The Morgan fingerprint density at radius 2 is 1.91 bits per heavy atom. The third kappa shape index (κ3) is 6.29. The molecule has 32 heavy (non-hydrogen) atoms. The van der Waals surface area contributed by atoms with Crippen molar-refractivity contribution >= 4 is 45.8 Å². The molecule has 2 unspecified atom stereocenters. The van der Waals surface area contributed by atoms with E-state index in [0.717, 1.165) is 12.1 Å². The highest BCUT2D eigenvalue weighted by Crippen LogP contribution is 2.32. The first-order chi connectivity index (χ1) is 15.1. The number of anilines is 2. The predicted molar refractivity (Wildman–Crippen MR) is 116 cm³/mol. The quantitative estimate of drug-likeness (QED) is 0.127. The Bertz CT molecular complexity index is 1010. The molecule has 0 fully saturated rings. The fourth-order valence-corrected chi connectivity index (χ4v) is 2.91. The Balaban J connectivity index is 2.54. The number of nitrogens with one attached hydrogen (secondary N) is 2. The van der Waals surface area contributed by atoms with E-state index in [0.29, 0.717) is 3.57 Å². The molecule has 0 saturated heterocycles. The van der Waals surface area contributed by atoms with E-state index in [9.17, 15) is 22.8 Å². The number of hydrogen-bond acceptors (Lipinski definition) is 7. The maximum atomic E-state index is 15.0. The second-order valence-corrected chi connectivity index (χ2v) is 7.62. The van der Waals surface area contributed by atoms with E-state index in [4.69, 9.17) is 26.1 Å². The summed E-state index contributed by atoms with van der Waals surface area (Å²) < 4.78 is 49.7. The Hall–Kier alpha value is -2.46. The molecule has 0 aliphatic heterocycles. The number of ether oxygens (including phenoxy) is 1. The molecule has 2 rings (SSSR count). The molecule has 9 nitrogen and oxygen atoms in total. The van der Waals surface area contributed by atoms with Gasteiger partial charge in [0, 0.05) is 9.13 Å². The number of hydroxylamine groups is 1. The molecule has 0 heterocycles. The summed E-state index contributed by atoms with van der Waals surface area (Å²) >= 11 is 1.86. The molecule has 174 valence electrons. The van der Waals surface area contributed by atoms with Crippen LogP contribution in [0.5, 0.6) is 0 Å². The maximum Gasteiger partial charge on any atom is 0.277 e. The van der Waals surface area contributed by atoms with Crippen molar-refractivity contribution in [1.29, 1.82) is 0 Å². The second kappa shape index (κ2) is 11.4. The predicted octanol–water partition coefficient (Wildman–Crippen LogP) is 1.95. The third-order valence-electron chi connectivity index (χ3n) is 4.09. The van der Waals surface area contributed by atoms with E-state index < -0.39 is 65.0 Å². The van der Waals surface area contributed by atoms with Crippen LogP contribution in [0.25, 0.3) is 0 Å². The van der Waals surface area contributed by atoms with Crippen molar-refractivity contribution in [3.8, 4) is 0 Å². The molecule has 0 spiro atoms. The molecule has 7 N–H and O–H groups in total. The number of hydrogen-bond donors (Lipinski definition) is 5. The van der Waals surface area contributed by atoms with Crippen LogP contribution in [0.15, 0.2) is 24.3 Å². The Kier molecular flexibility index (Phi) is 9.21. The summed E-state index contributed by atoms with van der Waals surface area (Å²) in [6.45, 7) is 0.545. The summed E-state index contributed by atoms with van der Waals surface area (Å²) in [7, 11) is 0. The normalized spacial score (nSPS) is 12.8. The van der Waals surface area contributed by atoms with Gasteiger partial charge in [0.15, 0.2) is 11.6 Å². The highest BCUT2D eigenvalue weighted by molar-refractivity contribution is 14.1. The van der Waals surface area contributed by atoms with Gasteiger partial charge in [-0.25, -0.2) is 18.7 Å². The van der Waals surface area contributed by atoms with Gasteiger partial charge in [0.05, 0.1) is 30.2 Å². The number of aliphatic hydroxyl groups excluding tert-OH is 1. The van der Waals surface area contributed by atoms with Crippen LogP contribution in [0.1, 0.15) is 29.1 Å². The molecule has 0 saturated carbocycles. The Labute approximate surface area is 194 Å². The summed E-state index contributed by atoms with van der Waals surface area (Å²) in [5.74, 6) is -5.78. The van der Waals surface area contributed by atoms with Gasteiger partial charge in [0.2, 0.25) is 5.91 Å². The van der Waals surface area contributed by atoms with E-state index in [1.54, 1.807) is 0 Å². The van der Waals surface area contributed by atoms with E-state index >= 15 is 0 Å². The number of aliphatic hydroxyl groups is 1. The van der Waals surface area contributed by atoms with Gasteiger partial charge in [-0.05, 0) is 53.8 Å². The van der Waals surface area contributed by atoms with Crippen LogP contribution >= 0.6 is 22.6 Å². The van der Waals surface area contributed by atoms with Gasteiger partial charge in [-0.1, -0.05) is 0 Å². The lowest BCUT2D eigenvalue weighted by atomic mass is 10.0. The van der Waals surface area contributed by atoms with Crippen LogP contribution in [0, 0.1) is 21.0 Å². The van der Waals surface area contributed by atoms with Crippen LogP contribution in [-0.2, 0) is 14.4 Å². The minimum atomic E-state index is -1.67. The lowest BCUT2D eigenvalue weighted by Gasteiger charge is -2.21. The van der Waals surface area contributed by atoms with E-state index in [1.807, 2.05) is 28.1 Å². The number of amides is 2. The van der Waals surface area contributed by atoms with Crippen LogP contribution in [0.4, 0.5) is 24.5 Å². The number of carbonyl (C=O) groups excluding carboxylic acids is 2. The van der Waals surface area contributed by atoms with Gasteiger partial charge in [-0.3, -0.25) is 14.4 Å². The number of benzene rings is 2. The summed E-state index contributed by atoms with van der Waals surface area (Å²) in [5, 5.41) is 11.1. The topological polar surface area (TPSA) is 149 Å². The number of rotatable bonds is 10. The molecule has 0 bridgehead atoms. The molecule has 13 heteroatoms. The molecule has 2 aromatic rings. The SMILES string of the molecule is CC(OC(N)c1cc(C(=O)NOCCO)c(Nc2ccc(I)cc2F)c(F)c1F)C(N)=O. The van der Waals surface area contributed by atoms with E-state index in [1.165, 1.54) is 19.1 Å². The maximum absolute atomic E-state index is 15.0. The lowest BCUT2D eigenvalue weighted by molar-refractivity contribution is -0.132. The summed E-state index contributed by atoms with van der Waals surface area (Å²) in [5.41, 5.74) is 10.7. The summed E-state index contributed by atoms with van der Waals surface area (Å²) in [4.78, 5) is 28.4. The highest BCUT2D eigenvalue weighted by atomic mass is 127. The van der Waals surface area contributed by atoms with Crippen LogP contribution in [0.2, 0.25) is 0 Å². The molecule has 2 atom stereocenters. The fraction of sp³-hybridized carbons (Fsp3) is 0.263. The minimum absolute atomic E-state index is 0.232. The van der Waals surface area contributed by atoms with Crippen molar-refractivity contribution in [2.24, 2.45) is 11.5 Å². The van der Waals surface area contributed by atoms with Gasteiger partial charge in [0.25, 0.3) is 5.91 Å². The van der Waals surface area contributed by atoms with Gasteiger partial charge in [-0.2, -0.15) is 0 Å². The molecule has 0 aliphatic carbocycles. The monoisotopic (exact) mass is 568 g/mol. The van der Waals surface area contributed by atoms with Crippen molar-refractivity contribution in [3.63, 3.8) is 0 Å². The minimum Gasteiger partial charge on any atom is -0.394 e. The number of carbonyl (C=O) groups is 2. The zero-order valence-corrected chi connectivity index (χ0v) is 18.8. The number of halogens is 4. The zero-order chi connectivity index (χ0) is 24.0. The van der Waals surface area contributed by atoms with Gasteiger partial charge in [-0.15, -0.1) is 0 Å². The lowest BCUT2D eigenvalue weighted by Crippen LogP contribution is -2.33. The fourth-order valence-electron chi connectivity index (χ4n) is 2.46. The highest BCUT2D eigenvalue weighted by Gasteiger charge is 2.28. The smallest absolute Gasteiger partial charge is 0.277 e. The zero-order valence-electron chi connectivity index (χ0n) is 16.6. The summed E-state index contributed by atoms with van der Waals surface area (Å²) in [6.07, 6.45) is -2.91. The average Bonchev–Trinajstić information content (AvgIpc) is 2.73. The van der Waals surface area contributed by atoms with Gasteiger partial charge < -0.3 is 26.6 Å². The van der Waals surface area contributed by atoms with Crippen molar-refractivity contribution < 1.29 is 37.4 Å². The molecule has 0 aliphatic rings. The molecule has 0 aromatic heterocycles. The molecular weight excluding hydrogens is 548 g/mol. The van der Waals surface area contributed by atoms with E-state index in [-0.39, 0.29) is 12.3 Å². The van der Waals surface area contributed by atoms with Crippen molar-refractivity contribution in [2.45, 2.75) is 19.3 Å². The third-order valence-corrected chi connectivity index (χ3v) is 4.76. The Morgan fingerprint density at radius 1 is 1.22 bits per heavy atom. The van der Waals surface area contributed by atoms with Crippen molar-refractivity contribution in [1.82, 2.24) is 5.48 Å². The van der Waals surface area contributed by atoms with Crippen LogP contribution in [-0.4, -0.2) is 36.2 Å². The van der Waals surface area contributed by atoms with Crippen LogP contribution in [0.3, 0.4) is 0 Å². The largest absolute Gasteiger partial charge is 0.394 e. The van der Waals surface area contributed by atoms with Crippen molar-refractivity contribution in [3.05, 3.63) is 56.4 Å². The van der Waals surface area contributed by atoms with Gasteiger partial charge >= 0.3 is 0 Å². The van der Waals surface area contributed by atoms with Crippen molar-refractivity contribution in [2.75, 3.05) is 18.5 Å². The second-order valence-electron chi connectivity index (χ2n) is 6.37. The number of primary amides is 1. The molecular formula is C19H20F3IN4O5. The van der Waals surface area contributed by atoms with Gasteiger partial charge in [0.1, 0.15) is 18.1 Å². The first-order valence-corrected chi connectivity index (χ1v) is 10.1. The molecule has 2 amide bonds. The standard InChI is InChI=1S/C19H20F3IN4O5/c1-8(17(24)29)32-18(25)10-7-11(19(30)27-31-5-4-28)16(15(22)14(10)21)26-13-3-2-9(23)6-12(13)20/h2-3,6-8,18,26,28H,4-5,25H2,1H3,(H2,24,29)(H,27,30). The first-order valence-electron chi connectivity index (χ1n) is 9.04. The molecule has 2 aromatic carbocycles. The first kappa shape index (κ1) is 25.8. The average molecular weight is 568 g/mol. The van der Waals surface area contributed by atoms with Crippen LogP contribution < -0.4 is 22.3 Å². The molecule has 0 radical (unpaired) electrons. The summed E-state index contributed by atoms with van der Waals surface area (Å²) in [6, 6.07) is 4.79.